The Morgan fingerprint density at radius 1 is 1.32 bits per heavy atom. The summed E-state index contributed by atoms with van der Waals surface area (Å²) in [5, 5.41) is 7.38. The second kappa shape index (κ2) is 6.86. The maximum atomic E-state index is 5.96. The number of aromatic amines is 1. The number of aryl methyl sites for hydroxylation is 1. The molecule has 2 saturated heterocycles. The SMILES string of the molecule is Cc1cc(CN2CC3(C[C@@H](COCc4ccncc4)CN3C)C2)n[nH]1. The second-order valence-electron chi connectivity index (χ2n) is 7.73. The van der Waals surface area contributed by atoms with Crippen molar-refractivity contribution >= 4 is 0 Å². The van der Waals surface area contributed by atoms with Gasteiger partial charge in [-0.2, -0.15) is 5.10 Å². The fraction of sp³-hybridized carbons (Fsp3) is 0.579. The Labute approximate surface area is 149 Å². The Balaban J connectivity index is 1.23. The Hall–Kier alpha value is -1.76. The number of likely N-dealkylation sites (tertiary alicyclic amines) is 2. The molecule has 0 aliphatic carbocycles. The second-order valence-corrected chi connectivity index (χ2v) is 7.73. The highest BCUT2D eigenvalue weighted by molar-refractivity contribution is 5.12. The highest BCUT2D eigenvalue weighted by Crippen LogP contribution is 2.39. The third-order valence-electron chi connectivity index (χ3n) is 5.56. The number of nitrogens with one attached hydrogen (secondary N) is 1. The predicted molar refractivity (Wildman–Crippen MR) is 96.0 cm³/mol. The van der Waals surface area contributed by atoms with E-state index in [0.717, 1.165) is 44.2 Å². The Morgan fingerprint density at radius 3 is 2.84 bits per heavy atom. The topological polar surface area (TPSA) is 57.3 Å². The van der Waals surface area contributed by atoms with Gasteiger partial charge in [0, 0.05) is 49.8 Å². The molecule has 0 amide bonds. The van der Waals surface area contributed by atoms with Gasteiger partial charge in [-0.25, -0.2) is 0 Å². The molecule has 6 nitrogen and oxygen atoms in total. The van der Waals surface area contributed by atoms with Crippen molar-refractivity contribution in [2.75, 3.05) is 33.3 Å². The molecule has 2 aliphatic rings. The van der Waals surface area contributed by atoms with Crippen LogP contribution in [0, 0.1) is 12.8 Å². The fourth-order valence-corrected chi connectivity index (χ4v) is 4.33. The van der Waals surface area contributed by atoms with E-state index in [1.54, 1.807) is 0 Å². The molecule has 2 aromatic rings. The van der Waals surface area contributed by atoms with Gasteiger partial charge in [0.15, 0.2) is 0 Å². The molecule has 2 aromatic heterocycles. The zero-order chi connectivity index (χ0) is 17.3. The number of ether oxygens (including phenoxy) is 1. The van der Waals surface area contributed by atoms with Crippen LogP contribution in [0.25, 0.3) is 0 Å². The van der Waals surface area contributed by atoms with Crippen molar-refractivity contribution in [2.24, 2.45) is 5.92 Å². The van der Waals surface area contributed by atoms with E-state index in [1.165, 1.54) is 12.0 Å². The van der Waals surface area contributed by atoms with Crippen molar-refractivity contribution in [2.45, 2.75) is 32.0 Å². The minimum atomic E-state index is 0.343. The highest BCUT2D eigenvalue weighted by Gasteiger charge is 2.51. The maximum Gasteiger partial charge on any atom is 0.0765 e. The van der Waals surface area contributed by atoms with E-state index in [2.05, 4.69) is 45.0 Å². The summed E-state index contributed by atoms with van der Waals surface area (Å²) >= 11 is 0. The molecular weight excluding hydrogens is 314 g/mol. The number of aromatic nitrogens is 3. The summed E-state index contributed by atoms with van der Waals surface area (Å²) < 4.78 is 5.96. The van der Waals surface area contributed by atoms with Gasteiger partial charge in [-0.05, 0) is 50.1 Å². The van der Waals surface area contributed by atoms with Crippen molar-refractivity contribution < 1.29 is 4.74 Å². The zero-order valence-electron chi connectivity index (χ0n) is 15.1. The number of hydrogen-bond acceptors (Lipinski definition) is 5. The van der Waals surface area contributed by atoms with Crippen LogP contribution in [-0.2, 0) is 17.9 Å². The van der Waals surface area contributed by atoms with E-state index >= 15 is 0 Å². The molecule has 0 radical (unpaired) electrons. The van der Waals surface area contributed by atoms with Gasteiger partial charge in [0.1, 0.15) is 0 Å². The predicted octanol–water partition coefficient (Wildman–Crippen LogP) is 1.84. The Bertz CT molecular complexity index is 695. The summed E-state index contributed by atoms with van der Waals surface area (Å²) in [7, 11) is 2.26. The summed E-state index contributed by atoms with van der Waals surface area (Å²) in [6.45, 7) is 7.92. The van der Waals surface area contributed by atoms with E-state index in [9.17, 15) is 0 Å². The summed E-state index contributed by atoms with van der Waals surface area (Å²) in [6, 6.07) is 6.17. The van der Waals surface area contributed by atoms with Gasteiger partial charge >= 0.3 is 0 Å². The van der Waals surface area contributed by atoms with E-state index in [-0.39, 0.29) is 0 Å². The van der Waals surface area contributed by atoms with Crippen LogP contribution in [0.3, 0.4) is 0 Å². The number of H-pyrrole nitrogens is 1. The molecule has 25 heavy (non-hydrogen) atoms. The van der Waals surface area contributed by atoms with E-state index in [4.69, 9.17) is 4.74 Å². The van der Waals surface area contributed by atoms with Crippen molar-refractivity contribution in [3.8, 4) is 0 Å². The largest absolute Gasteiger partial charge is 0.376 e. The standard InChI is InChI=1S/C19H27N5O/c1-15-7-18(22-21-15)10-24-13-19(14-24)8-17(9-23(19)2)12-25-11-16-3-5-20-6-4-16/h3-7,17H,8-14H2,1-2H3,(H,21,22)/t17-/m1/s1. The van der Waals surface area contributed by atoms with E-state index < -0.39 is 0 Å². The van der Waals surface area contributed by atoms with Gasteiger partial charge in [-0.3, -0.25) is 19.9 Å². The molecule has 0 saturated carbocycles. The zero-order valence-corrected chi connectivity index (χ0v) is 15.1. The first kappa shape index (κ1) is 16.7. The first-order valence-corrected chi connectivity index (χ1v) is 9.04. The number of likely N-dealkylation sites (N-methyl/N-ethyl adjacent to an activating group) is 1. The molecule has 2 fully saturated rings. The van der Waals surface area contributed by atoms with Crippen LogP contribution in [0.5, 0.6) is 0 Å². The first-order chi connectivity index (χ1) is 12.1. The van der Waals surface area contributed by atoms with Crippen molar-refractivity contribution in [1.29, 1.82) is 0 Å². The molecule has 1 spiro atoms. The average molecular weight is 341 g/mol. The minimum Gasteiger partial charge on any atom is -0.376 e. The Kier molecular flexibility index (Phi) is 4.58. The molecule has 0 unspecified atom stereocenters. The van der Waals surface area contributed by atoms with E-state index in [1.807, 2.05) is 24.5 Å². The lowest BCUT2D eigenvalue weighted by Crippen LogP contribution is -2.66. The van der Waals surface area contributed by atoms with Crippen molar-refractivity contribution in [3.05, 3.63) is 47.5 Å². The highest BCUT2D eigenvalue weighted by atomic mass is 16.5. The molecule has 1 atom stereocenters. The summed E-state index contributed by atoms with van der Waals surface area (Å²) in [5.74, 6) is 0.626. The van der Waals surface area contributed by atoms with Crippen LogP contribution in [0.4, 0.5) is 0 Å². The number of hydrogen-bond donors (Lipinski definition) is 1. The van der Waals surface area contributed by atoms with Gasteiger partial charge in [-0.15, -0.1) is 0 Å². The van der Waals surface area contributed by atoms with Gasteiger partial charge in [0.25, 0.3) is 0 Å². The smallest absolute Gasteiger partial charge is 0.0765 e. The quantitative estimate of drug-likeness (QED) is 0.869. The average Bonchev–Trinajstić information content (AvgIpc) is 3.12. The minimum absolute atomic E-state index is 0.343. The van der Waals surface area contributed by atoms with Gasteiger partial charge in [0.2, 0.25) is 0 Å². The molecule has 4 heterocycles. The number of rotatable bonds is 6. The lowest BCUT2D eigenvalue weighted by atomic mass is 9.84. The lowest BCUT2D eigenvalue weighted by molar-refractivity contribution is -0.0233. The van der Waals surface area contributed by atoms with Crippen LogP contribution >= 0.6 is 0 Å². The van der Waals surface area contributed by atoms with Crippen LogP contribution in [0.15, 0.2) is 30.6 Å². The third kappa shape index (κ3) is 3.61. The van der Waals surface area contributed by atoms with Gasteiger partial charge < -0.3 is 4.74 Å². The van der Waals surface area contributed by atoms with Crippen LogP contribution < -0.4 is 0 Å². The maximum absolute atomic E-state index is 5.96. The monoisotopic (exact) mass is 341 g/mol. The molecule has 6 heteroatoms. The molecule has 1 N–H and O–H groups in total. The molecule has 134 valence electrons. The normalized spacial score (nSPS) is 23.2. The van der Waals surface area contributed by atoms with Gasteiger partial charge in [-0.1, -0.05) is 0 Å². The first-order valence-electron chi connectivity index (χ1n) is 9.04. The van der Waals surface area contributed by atoms with Gasteiger partial charge in [0.05, 0.1) is 18.9 Å². The molecular formula is C19H27N5O. The molecule has 0 aromatic carbocycles. The Morgan fingerprint density at radius 2 is 2.12 bits per heavy atom. The molecule has 4 rings (SSSR count). The molecule has 0 bridgehead atoms. The third-order valence-corrected chi connectivity index (χ3v) is 5.56. The van der Waals surface area contributed by atoms with Crippen LogP contribution in [0.2, 0.25) is 0 Å². The lowest BCUT2D eigenvalue weighted by Gasteiger charge is -2.52. The number of pyridine rings is 1. The van der Waals surface area contributed by atoms with Crippen LogP contribution in [0.1, 0.15) is 23.4 Å². The molecule has 2 aliphatic heterocycles. The fourth-order valence-electron chi connectivity index (χ4n) is 4.33. The van der Waals surface area contributed by atoms with E-state index in [0.29, 0.717) is 18.1 Å². The summed E-state index contributed by atoms with van der Waals surface area (Å²) in [4.78, 5) is 9.08. The van der Waals surface area contributed by atoms with Crippen LogP contribution in [-0.4, -0.2) is 63.8 Å². The van der Waals surface area contributed by atoms with Crippen molar-refractivity contribution in [3.63, 3.8) is 0 Å². The number of nitrogens with zero attached hydrogens (tertiary/aromatic N) is 4. The summed E-state index contributed by atoms with van der Waals surface area (Å²) in [5.41, 5.74) is 3.82. The summed E-state index contributed by atoms with van der Waals surface area (Å²) in [6.07, 6.45) is 4.87. The van der Waals surface area contributed by atoms with Crippen molar-refractivity contribution in [1.82, 2.24) is 25.0 Å².